The molecule has 1 heteroatoms. The third kappa shape index (κ3) is 2.10. The molecule has 0 aliphatic heterocycles. The van der Waals surface area contributed by atoms with Gasteiger partial charge in [-0.2, -0.15) is 0 Å². The molecule has 0 bridgehead atoms. The molecule has 0 amide bonds. The Morgan fingerprint density at radius 3 is 2.58 bits per heavy atom. The minimum atomic E-state index is 0.368. The van der Waals surface area contributed by atoms with E-state index >= 15 is 0 Å². The van der Waals surface area contributed by atoms with Crippen molar-refractivity contribution in [3.8, 4) is 0 Å². The molecule has 0 nitrogen and oxygen atoms in total. The maximum Gasteiger partial charge on any atom is 0.0210 e. The fraction of sp³-hybridized carbons (Fsp3) is 0.364. The van der Waals surface area contributed by atoms with Gasteiger partial charge >= 0.3 is 0 Å². The zero-order valence-electron chi connectivity index (χ0n) is 7.60. The largest absolute Gasteiger partial charge is 0.0613 e. The van der Waals surface area contributed by atoms with Crippen LogP contribution in [0.2, 0.25) is 0 Å². The number of hydrogen-bond donors (Lipinski definition) is 0. The van der Waals surface area contributed by atoms with Gasteiger partial charge in [0.25, 0.3) is 0 Å². The number of hydrogen-bond acceptors (Lipinski definition) is 0. The fourth-order valence-electron chi connectivity index (χ4n) is 1.16. The Morgan fingerprint density at radius 2 is 2.17 bits per heavy atom. The predicted octanol–water partition coefficient (Wildman–Crippen LogP) is 3.95. The molecule has 0 aromatic heterocycles. The second kappa shape index (κ2) is 4.08. The molecule has 0 N–H and O–H groups in total. The van der Waals surface area contributed by atoms with Crippen molar-refractivity contribution in [1.82, 2.24) is 0 Å². The van der Waals surface area contributed by atoms with Crippen LogP contribution in [-0.2, 0) is 6.42 Å². The zero-order chi connectivity index (χ0) is 9.14. The van der Waals surface area contributed by atoms with Crippen molar-refractivity contribution < 1.29 is 0 Å². The number of benzene rings is 1. The smallest absolute Gasteiger partial charge is 0.0210 e. The summed E-state index contributed by atoms with van der Waals surface area (Å²) in [5.41, 5.74) is 2.65. The summed E-state index contributed by atoms with van der Waals surface area (Å²) in [5, 5.41) is 0. The van der Waals surface area contributed by atoms with E-state index in [9.17, 15) is 0 Å². The molecule has 1 aromatic carbocycles. The lowest BCUT2D eigenvalue weighted by Crippen LogP contribution is -1.90. The van der Waals surface area contributed by atoms with Crippen LogP contribution in [0.3, 0.4) is 0 Å². The predicted molar refractivity (Wildman–Crippen MR) is 57.3 cm³/mol. The first-order chi connectivity index (χ1) is 5.65. The standard InChI is InChI=1S/C11H14Br/c1-4-9-5-6-10(8(2)3)7-11(9)12/h5-8H,2,4H2,1,3H3. The Morgan fingerprint density at radius 1 is 1.50 bits per heavy atom. The van der Waals surface area contributed by atoms with Gasteiger partial charge in [-0.05, 0) is 36.5 Å². The maximum absolute atomic E-state index is 3.98. The van der Waals surface area contributed by atoms with Crippen LogP contribution in [0.4, 0.5) is 0 Å². The molecule has 0 aliphatic rings. The Hall–Kier alpha value is -0.300. The van der Waals surface area contributed by atoms with Crippen LogP contribution in [0.25, 0.3) is 0 Å². The van der Waals surface area contributed by atoms with Gasteiger partial charge in [0.05, 0.1) is 0 Å². The first-order valence-corrected chi connectivity index (χ1v) is 5.05. The quantitative estimate of drug-likeness (QED) is 0.716. The average Bonchev–Trinajstić information content (AvgIpc) is 2.04. The highest BCUT2D eigenvalue weighted by Crippen LogP contribution is 2.23. The monoisotopic (exact) mass is 225 g/mol. The van der Waals surface area contributed by atoms with Crippen molar-refractivity contribution >= 4 is 15.9 Å². The van der Waals surface area contributed by atoms with Gasteiger partial charge < -0.3 is 0 Å². The summed E-state index contributed by atoms with van der Waals surface area (Å²) in [6.07, 6.45) is 1.08. The minimum Gasteiger partial charge on any atom is -0.0613 e. The number of aryl methyl sites for hydroxylation is 1. The van der Waals surface area contributed by atoms with E-state index in [-0.39, 0.29) is 0 Å². The summed E-state index contributed by atoms with van der Waals surface area (Å²) in [5.74, 6) is 0.368. The Kier molecular flexibility index (Phi) is 3.33. The van der Waals surface area contributed by atoms with Gasteiger partial charge in [-0.25, -0.2) is 0 Å². The van der Waals surface area contributed by atoms with Gasteiger partial charge in [0.15, 0.2) is 0 Å². The van der Waals surface area contributed by atoms with Gasteiger partial charge in [0.2, 0.25) is 0 Å². The summed E-state index contributed by atoms with van der Waals surface area (Å²) in [4.78, 5) is 0. The average molecular weight is 226 g/mol. The molecule has 0 fully saturated rings. The summed E-state index contributed by atoms with van der Waals surface area (Å²) in [6.45, 7) is 8.25. The third-order valence-electron chi connectivity index (χ3n) is 2.03. The van der Waals surface area contributed by atoms with Gasteiger partial charge in [-0.3, -0.25) is 0 Å². The zero-order valence-corrected chi connectivity index (χ0v) is 9.19. The SMILES string of the molecule is [CH2]C(C)c1ccc(CC)c(Br)c1. The summed E-state index contributed by atoms with van der Waals surface area (Å²) in [7, 11) is 0. The van der Waals surface area contributed by atoms with E-state index in [2.05, 4.69) is 54.9 Å². The normalized spacial score (nSPS) is 10.8. The molecule has 0 spiro atoms. The van der Waals surface area contributed by atoms with Crippen molar-refractivity contribution in [2.24, 2.45) is 0 Å². The fourth-order valence-corrected chi connectivity index (χ4v) is 1.83. The molecule has 0 saturated carbocycles. The Labute approximate surface area is 83.1 Å². The van der Waals surface area contributed by atoms with Gasteiger partial charge in [-0.1, -0.05) is 41.9 Å². The van der Waals surface area contributed by atoms with Crippen LogP contribution in [-0.4, -0.2) is 0 Å². The van der Waals surface area contributed by atoms with Crippen LogP contribution in [0.5, 0.6) is 0 Å². The highest BCUT2D eigenvalue weighted by Gasteiger charge is 2.02. The van der Waals surface area contributed by atoms with Crippen molar-refractivity contribution in [2.45, 2.75) is 26.2 Å². The first kappa shape index (κ1) is 9.79. The number of halogens is 1. The van der Waals surface area contributed by atoms with Crippen LogP contribution >= 0.6 is 15.9 Å². The van der Waals surface area contributed by atoms with Crippen LogP contribution in [0, 0.1) is 6.92 Å². The molecule has 0 saturated heterocycles. The van der Waals surface area contributed by atoms with Crippen molar-refractivity contribution in [1.29, 1.82) is 0 Å². The molecule has 0 aliphatic carbocycles. The topological polar surface area (TPSA) is 0 Å². The summed E-state index contributed by atoms with van der Waals surface area (Å²) < 4.78 is 1.21. The van der Waals surface area contributed by atoms with E-state index in [4.69, 9.17) is 0 Å². The second-order valence-electron chi connectivity index (χ2n) is 3.11. The third-order valence-corrected chi connectivity index (χ3v) is 2.77. The molecule has 0 heterocycles. The maximum atomic E-state index is 3.98. The second-order valence-corrected chi connectivity index (χ2v) is 3.96. The Bertz CT molecular complexity index is 264. The van der Waals surface area contributed by atoms with E-state index in [0.717, 1.165) is 6.42 Å². The van der Waals surface area contributed by atoms with E-state index in [1.54, 1.807) is 0 Å². The minimum absolute atomic E-state index is 0.368. The lowest BCUT2D eigenvalue weighted by molar-refractivity contribution is 0.957. The molecule has 1 atom stereocenters. The Balaban J connectivity index is 3.02. The van der Waals surface area contributed by atoms with E-state index in [1.807, 2.05) is 0 Å². The van der Waals surface area contributed by atoms with Crippen molar-refractivity contribution in [3.05, 3.63) is 40.7 Å². The van der Waals surface area contributed by atoms with Gasteiger partial charge in [0.1, 0.15) is 0 Å². The highest BCUT2D eigenvalue weighted by molar-refractivity contribution is 9.10. The highest BCUT2D eigenvalue weighted by atomic mass is 79.9. The van der Waals surface area contributed by atoms with Crippen molar-refractivity contribution in [2.75, 3.05) is 0 Å². The summed E-state index contributed by atoms with van der Waals surface area (Å²) >= 11 is 3.55. The molecule has 1 rings (SSSR count). The van der Waals surface area contributed by atoms with Crippen molar-refractivity contribution in [3.63, 3.8) is 0 Å². The summed E-state index contributed by atoms with van der Waals surface area (Å²) in [6, 6.07) is 6.48. The molecule has 1 radical (unpaired) electrons. The molecule has 1 unspecified atom stereocenters. The van der Waals surface area contributed by atoms with Crippen LogP contribution < -0.4 is 0 Å². The van der Waals surface area contributed by atoms with Gasteiger partial charge in [-0.15, -0.1) is 0 Å². The van der Waals surface area contributed by atoms with E-state index in [1.165, 1.54) is 15.6 Å². The van der Waals surface area contributed by atoms with Crippen LogP contribution in [0.15, 0.2) is 22.7 Å². The molecule has 65 valence electrons. The molecular formula is C11H14Br. The molecule has 1 aromatic rings. The van der Waals surface area contributed by atoms with E-state index in [0.29, 0.717) is 5.92 Å². The first-order valence-electron chi connectivity index (χ1n) is 4.26. The lowest BCUT2D eigenvalue weighted by Gasteiger charge is -2.07. The van der Waals surface area contributed by atoms with E-state index < -0.39 is 0 Å². The number of rotatable bonds is 2. The lowest BCUT2D eigenvalue weighted by atomic mass is 10.0. The molecular weight excluding hydrogens is 212 g/mol. The molecule has 12 heavy (non-hydrogen) atoms. The van der Waals surface area contributed by atoms with Crippen LogP contribution in [0.1, 0.15) is 30.9 Å². The van der Waals surface area contributed by atoms with Gasteiger partial charge in [0, 0.05) is 4.47 Å².